The molecule has 0 fully saturated rings. The van der Waals surface area contributed by atoms with Crippen molar-refractivity contribution in [3.05, 3.63) is 33.5 Å². The molecule has 0 radical (unpaired) electrons. The van der Waals surface area contributed by atoms with Crippen LogP contribution < -0.4 is 0 Å². The highest BCUT2D eigenvalue weighted by atomic mass is 79.9. The second-order valence-electron chi connectivity index (χ2n) is 2.77. The molecular weight excluding hydrogens is 251 g/mol. The lowest BCUT2D eigenvalue weighted by Gasteiger charge is -2.00. The number of fused-ring (bicyclic) bond motifs is 1. The first-order chi connectivity index (χ1) is 6.16. The molecule has 2 rings (SSSR count). The van der Waals surface area contributed by atoms with E-state index in [1.165, 1.54) is 0 Å². The summed E-state index contributed by atoms with van der Waals surface area (Å²) in [6.45, 7) is 1.90. The standard InChI is InChI=1S/C9H6BrClN2/c1-5-4-12-9-7(10)2-6(11)3-8(9)13-5/h2-4H,1H3. The summed E-state index contributed by atoms with van der Waals surface area (Å²) < 4.78 is 0.877. The average molecular weight is 258 g/mol. The van der Waals surface area contributed by atoms with Crippen LogP contribution in [0.3, 0.4) is 0 Å². The molecule has 1 aromatic heterocycles. The van der Waals surface area contributed by atoms with Gasteiger partial charge in [0.1, 0.15) is 5.52 Å². The topological polar surface area (TPSA) is 25.8 Å². The molecule has 0 N–H and O–H groups in total. The van der Waals surface area contributed by atoms with Gasteiger partial charge in [-0.2, -0.15) is 0 Å². The zero-order chi connectivity index (χ0) is 9.42. The van der Waals surface area contributed by atoms with E-state index >= 15 is 0 Å². The molecule has 0 aliphatic heterocycles. The average Bonchev–Trinajstić information content (AvgIpc) is 2.02. The summed E-state index contributed by atoms with van der Waals surface area (Å²) in [5, 5.41) is 0.666. The molecule has 1 heterocycles. The molecule has 0 spiro atoms. The number of hydrogen-bond acceptors (Lipinski definition) is 2. The van der Waals surface area contributed by atoms with Gasteiger partial charge in [-0.1, -0.05) is 11.6 Å². The molecule has 0 saturated carbocycles. The lowest BCUT2D eigenvalue weighted by atomic mass is 10.3. The van der Waals surface area contributed by atoms with Crippen molar-refractivity contribution in [1.82, 2.24) is 9.97 Å². The summed E-state index contributed by atoms with van der Waals surface area (Å²) in [6.07, 6.45) is 1.74. The van der Waals surface area contributed by atoms with Crippen molar-refractivity contribution in [1.29, 1.82) is 0 Å². The number of nitrogens with zero attached hydrogens (tertiary/aromatic N) is 2. The van der Waals surface area contributed by atoms with E-state index in [1.807, 2.05) is 19.1 Å². The van der Waals surface area contributed by atoms with Gasteiger partial charge in [-0.15, -0.1) is 0 Å². The van der Waals surface area contributed by atoms with Crippen LogP contribution in [-0.4, -0.2) is 9.97 Å². The van der Waals surface area contributed by atoms with Crippen molar-refractivity contribution < 1.29 is 0 Å². The fourth-order valence-corrected chi connectivity index (χ4v) is 2.04. The molecule has 0 amide bonds. The monoisotopic (exact) mass is 256 g/mol. The first-order valence-corrected chi connectivity index (χ1v) is 4.92. The van der Waals surface area contributed by atoms with E-state index in [9.17, 15) is 0 Å². The van der Waals surface area contributed by atoms with Gasteiger partial charge in [-0.25, -0.2) is 4.98 Å². The van der Waals surface area contributed by atoms with Crippen LogP contribution in [0.4, 0.5) is 0 Å². The van der Waals surface area contributed by atoms with Crippen molar-refractivity contribution >= 4 is 38.6 Å². The third-order valence-corrected chi connectivity index (χ3v) is 2.51. The Hall–Kier alpha value is -0.670. The third kappa shape index (κ3) is 1.67. The minimum atomic E-state index is 0.666. The van der Waals surface area contributed by atoms with Crippen molar-refractivity contribution in [3.8, 4) is 0 Å². The van der Waals surface area contributed by atoms with Crippen molar-refractivity contribution in [2.24, 2.45) is 0 Å². The Balaban J connectivity index is 2.86. The Morgan fingerprint density at radius 1 is 1.38 bits per heavy atom. The number of aryl methyl sites for hydroxylation is 1. The van der Waals surface area contributed by atoms with Gasteiger partial charge in [0.15, 0.2) is 0 Å². The molecular formula is C9H6BrClN2. The van der Waals surface area contributed by atoms with E-state index in [4.69, 9.17) is 11.6 Å². The second kappa shape index (κ2) is 3.24. The van der Waals surface area contributed by atoms with Crippen LogP contribution >= 0.6 is 27.5 Å². The minimum absolute atomic E-state index is 0.666. The Bertz CT molecular complexity index is 465. The maximum Gasteiger partial charge on any atom is 0.103 e. The van der Waals surface area contributed by atoms with Gasteiger partial charge in [-0.3, -0.25) is 4.98 Å². The van der Waals surface area contributed by atoms with Gasteiger partial charge in [0, 0.05) is 15.7 Å². The van der Waals surface area contributed by atoms with E-state index in [0.29, 0.717) is 5.02 Å². The summed E-state index contributed by atoms with van der Waals surface area (Å²) in [4.78, 5) is 8.57. The van der Waals surface area contributed by atoms with Crippen LogP contribution in [0.1, 0.15) is 5.69 Å². The predicted octanol–water partition coefficient (Wildman–Crippen LogP) is 3.35. The summed E-state index contributed by atoms with van der Waals surface area (Å²) in [5.74, 6) is 0. The summed E-state index contributed by atoms with van der Waals surface area (Å²) in [7, 11) is 0. The zero-order valence-corrected chi connectivity index (χ0v) is 9.22. The van der Waals surface area contributed by atoms with Gasteiger partial charge in [0.05, 0.1) is 11.2 Å². The molecule has 0 saturated heterocycles. The van der Waals surface area contributed by atoms with Crippen molar-refractivity contribution in [3.63, 3.8) is 0 Å². The van der Waals surface area contributed by atoms with Gasteiger partial charge in [0.25, 0.3) is 0 Å². The predicted molar refractivity (Wildman–Crippen MR) is 57.0 cm³/mol. The first-order valence-electron chi connectivity index (χ1n) is 3.75. The van der Waals surface area contributed by atoms with Gasteiger partial charge >= 0.3 is 0 Å². The number of benzene rings is 1. The van der Waals surface area contributed by atoms with Crippen LogP contribution in [-0.2, 0) is 0 Å². The van der Waals surface area contributed by atoms with E-state index in [0.717, 1.165) is 21.2 Å². The molecule has 1 aromatic carbocycles. The van der Waals surface area contributed by atoms with Crippen molar-refractivity contribution in [2.45, 2.75) is 6.92 Å². The summed E-state index contributed by atoms with van der Waals surface area (Å²) >= 11 is 9.26. The Kier molecular flexibility index (Phi) is 2.22. The number of hydrogen-bond donors (Lipinski definition) is 0. The van der Waals surface area contributed by atoms with Gasteiger partial charge in [0.2, 0.25) is 0 Å². The highest BCUT2D eigenvalue weighted by molar-refractivity contribution is 9.10. The quantitative estimate of drug-likeness (QED) is 0.723. The van der Waals surface area contributed by atoms with E-state index < -0.39 is 0 Å². The molecule has 0 unspecified atom stereocenters. The lowest BCUT2D eigenvalue weighted by molar-refractivity contribution is 1.18. The molecule has 4 heteroatoms. The van der Waals surface area contributed by atoms with Crippen molar-refractivity contribution in [2.75, 3.05) is 0 Å². The second-order valence-corrected chi connectivity index (χ2v) is 4.06. The minimum Gasteiger partial charge on any atom is -0.252 e. The molecule has 66 valence electrons. The Morgan fingerprint density at radius 2 is 2.15 bits per heavy atom. The number of rotatable bonds is 0. The third-order valence-electron chi connectivity index (χ3n) is 1.69. The molecule has 0 aliphatic carbocycles. The fraction of sp³-hybridized carbons (Fsp3) is 0.111. The molecule has 0 atom stereocenters. The highest BCUT2D eigenvalue weighted by Gasteiger charge is 2.03. The van der Waals surface area contributed by atoms with Crippen LogP contribution in [0.15, 0.2) is 22.8 Å². The van der Waals surface area contributed by atoms with Crippen LogP contribution in [0, 0.1) is 6.92 Å². The van der Waals surface area contributed by atoms with Crippen LogP contribution in [0.25, 0.3) is 11.0 Å². The summed E-state index contributed by atoms with van der Waals surface area (Å²) in [5.41, 5.74) is 2.55. The maximum atomic E-state index is 5.88. The van der Waals surface area contributed by atoms with Crippen LogP contribution in [0.2, 0.25) is 5.02 Å². The highest BCUT2D eigenvalue weighted by Crippen LogP contribution is 2.25. The van der Waals surface area contributed by atoms with E-state index in [-0.39, 0.29) is 0 Å². The molecule has 13 heavy (non-hydrogen) atoms. The molecule has 2 aromatic rings. The number of aromatic nitrogens is 2. The Morgan fingerprint density at radius 3 is 2.92 bits per heavy atom. The van der Waals surface area contributed by atoms with E-state index in [2.05, 4.69) is 25.9 Å². The van der Waals surface area contributed by atoms with E-state index in [1.54, 1.807) is 6.20 Å². The molecule has 2 nitrogen and oxygen atoms in total. The first kappa shape index (κ1) is 8.91. The smallest absolute Gasteiger partial charge is 0.103 e. The zero-order valence-electron chi connectivity index (χ0n) is 6.88. The lowest BCUT2D eigenvalue weighted by Crippen LogP contribution is -1.87. The molecule has 0 bridgehead atoms. The normalized spacial score (nSPS) is 10.7. The van der Waals surface area contributed by atoms with Crippen LogP contribution in [0.5, 0.6) is 0 Å². The molecule has 0 aliphatic rings. The largest absolute Gasteiger partial charge is 0.252 e. The fourth-order valence-electron chi connectivity index (χ4n) is 1.14. The SMILES string of the molecule is Cc1cnc2c(Br)cc(Cl)cc2n1. The maximum absolute atomic E-state index is 5.88. The summed E-state index contributed by atoms with van der Waals surface area (Å²) in [6, 6.07) is 3.62. The number of halogens is 2. The van der Waals surface area contributed by atoms with Gasteiger partial charge in [-0.05, 0) is 35.0 Å². The Labute approximate surface area is 89.1 Å². The van der Waals surface area contributed by atoms with Gasteiger partial charge < -0.3 is 0 Å².